The third-order valence-electron chi connectivity index (χ3n) is 6.19. The van der Waals surface area contributed by atoms with Crippen molar-refractivity contribution in [2.24, 2.45) is 0 Å². The predicted molar refractivity (Wildman–Crippen MR) is 116 cm³/mol. The number of hydrogen-bond acceptors (Lipinski definition) is 4. The SMILES string of the molecule is Cc1nc([C@@H]2CCCN2C(=O)CN2CCCC2)ccc1C(=O)NCc1ccc(F)cc1. The molecule has 0 unspecified atom stereocenters. The third kappa shape index (κ3) is 5.10. The molecule has 0 spiro atoms. The molecule has 6 nitrogen and oxygen atoms in total. The molecule has 3 heterocycles. The minimum absolute atomic E-state index is 0.0230. The number of carbonyl (C=O) groups is 2. The topological polar surface area (TPSA) is 65.5 Å². The van der Waals surface area contributed by atoms with Gasteiger partial charge in [0.2, 0.25) is 5.91 Å². The second-order valence-corrected chi connectivity index (χ2v) is 8.41. The van der Waals surface area contributed by atoms with Crippen LogP contribution in [0.3, 0.4) is 0 Å². The molecule has 1 N–H and O–H groups in total. The number of aryl methyl sites for hydroxylation is 1. The number of aromatic nitrogens is 1. The highest BCUT2D eigenvalue weighted by Gasteiger charge is 2.32. The highest BCUT2D eigenvalue weighted by Crippen LogP contribution is 2.31. The molecule has 31 heavy (non-hydrogen) atoms. The van der Waals surface area contributed by atoms with Crippen LogP contribution in [-0.4, -0.2) is 52.8 Å². The first-order valence-electron chi connectivity index (χ1n) is 11.0. The van der Waals surface area contributed by atoms with Gasteiger partial charge in [0.25, 0.3) is 5.91 Å². The van der Waals surface area contributed by atoms with Gasteiger partial charge in [-0.3, -0.25) is 19.5 Å². The normalized spacial score (nSPS) is 19.0. The van der Waals surface area contributed by atoms with Crippen LogP contribution in [-0.2, 0) is 11.3 Å². The largest absolute Gasteiger partial charge is 0.348 e. The zero-order chi connectivity index (χ0) is 21.8. The standard InChI is InChI=1S/C24H29FN4O2/c1-17-20(24(31)26-15-18-6-8-19(25)9-7-18)10-11-21(27-17)22-5-4-14-29(22)23(30)16-28-12-2-3-13-28/h6-11,22H,2-5,12-16H2,1H3,(H,26,31)/t22-/m0/s1. The number of likely N-dealkylation sites (tertiary alicyclic amines) is 2. The monoisotopic (exact) mass is 424 g/mol. The van der Waals surface area contributed by atoms with Crippen LogP contribution in [0.2, 0.25) is 0 Å². The van der Waals surface area contributed by atoms with E-state index in [1.54, 1.807) is 18.2 Å². The van der Waals surface area contributed by atoms with E-state index in [9.17, 15) is 14.0 Å². The Morgan fingerprint density at radius 3 is 2.52 bits per heavy atom. The van der Waals surface area contributed by atoms with Gasteiger partial charge >= 0.3 is 0 Å². The van der Waals surface area contributed by atoms with Crippen molar-refractivity contribution in [3.8, 4) is 0 Å². The molecule has 2 amide bonds. The fraction of sp³-hybridized carbons (Fsp3) is 0.458. The van der Waals surface area contributed by atoms with E-state index in [2.05, 4.69) is 15.2 Å². The Hall–Kier alpha value is -2.80. The van der Waals surface area contributed by atoms with Crippen LogP contribution < -0.4 is 5.32 Å². The van der Waals surface area contributed by atoms with Gasteiger partial charge in [-0.25, -0.2) is 4.39 Å². The average Bonchev–Trinajstić information content (AvgIpc) is 3.45. The van der Waals surface area contributed by atoms with E-state index in [1.807, 2.05) is 17.9 Å². The summed E-state index contributed by atoms with van der Waals surface area (Å²) < 4.78 is 13.0. The summed E-state index contributed by atoms with van der Waals surface area (Å²) in [5, 5.41) is 2.86. The number of rotatable bonds is 6. The summed E-state index contributed by atoms with van der Waals surface area (Å²) in [6.07, 6.45) is 4.20. The fourth-order valence-corrected chi connectivity index (χ4v) is 4.48. The minimum atomic E-state index is -0.300. The first-order valence-corrected chi connectivity index (χ1v) is 11.0. The van der Waals surface area contributed by atoms with Gasteiger partial charge in [0, 0.05) is 13.1 Å². The summed E-state index contributed by atoms with van der Waals surface area (Å²) in [4.78, 5) is 34.3. The van der Waals surface area contributed by atoms with Crippen LogP contribution in [0.15, 0.2) is 36.4 Å². The summed E-state index contributed by atoms with van der Waals surface area (Å²) >= 11 is 0. The molecule has 0 aliphatic carbocycles. The number of halogens is 1. The lowest BCUT2D eigenvalue weighted by Gasteiger charge is -2.27. The van der Waals surface area contributed by atoms with Crippen molar-refractivity contribution in [1.82, 2.24) is 20.1 Å². The van der Waals surface area contributed by atoms with Crippen LogP contribution >= 0.6 is 0 Å². The molecule has 0 bridgehead atoms. The molecule has 0 radical (unpaired) electrons. The van der Waals surface area contributed by atoms with Crippen LogP contribution in [0.25, 0.3) is 0 Å². The number of nitrogens with one attached hydrogen (secondary N) is 1. The van der Waals surface area contributed by atoms with Gasteiger partial charge in [-0.1, -0.05) is 12.1 Å². The molecule has 2 fully saturated rings. The maximum absolute atomic E-state index is 13.0. The second-order valence-electron chi connectivity index (χ2n) is 8.41. The molecule has 7 heteroatoms. The maximum atomic E-state index is 13.0. The quantitative estimate of drug-likeness (QED) is 0.773. The lowest BCUT2D eigenvalue weighted by atomic mass is 10.1. The zero-order valence-corrected chi connectivity index (χ0v) is 17.9. The van der Waals surface area contributed by atoms with Crippen molar-refractivity contribution < 1.29 is 14.0 Å². The minimum Gasteiger partial charge on any atom is -0.348 e. The molecule has 1 atom stereocenters. The molecule has 2 aliphatic heterocycles. The van der Waals surface area contributed by atoms with E-state index >= 15 is 0 Å². The van der Waals surface area contributed by atoms with E-state index in [4.69, 9.17) is 0 Å². The molecule has 4 rings (SSSR count). The van der Waals surface area contributed by atoms with Gasteiger partial charge in [-0.2, -0.15) is 0 Å². The van der Waals surface area contributed by atoms with E-state index < -0.39 is 0 Å². The van der Waals surface area contributed by atoms with Gasteiger partial charge in [-0.15, -0.1) is 0 Å². The van der Waals surface area contributed by atoms with Gasteiger partial charge < -0.3 is 10.2 Å². The Morgan fingerprint density at radius 1 is 1.06 bits per heavy atom. The molecule has 1 aromatic carbocycles. The maximum Gasteiger partial charge on any atom is 0.253 e. The van der Waals surface area contributed by atoms with Crippen molar-refractivity contribution in [3.05, 3.63) is 64.7 Å². The van der Waals surface area contributed by atoms with Crippen LogP contribution in [0, 0.1) is 12.7 Å². The lowest BCUT2D eigenvalue weighted by molar-refractivity contribution is -0.133. The molecule has 1 aromatic heterocycles. The average molecular weight is 425 g/mol. The predicted octanol–water partition coefficient (Wildman–Crippen LogP) is 3.22. The van der Waals surface area contributed by atoms with Crippen molar-refractivity contribution in [2.45, 2.75) is 45.2 Å². The molecule has 164 valence electrons. The van der Waals surface area contributed by atoms with Gasteiger partial charge in [0.05, 0.1) is 29.5 Å². The Morgan fingerprint density at radius 2 is 1.81 bits per heavy atom. The highest BCUT2D eigenvalue weighted by molar-refractivity contribution is 5.95. The van der Waals surface area contributed by atoms with Crippen LogP contribution in [0.5, 0.6) is 0 Å². The van der Waals surface area contributed by atoms with E-state index in [-0.39, 0.29) is 23.7 Å². The Balaban J connectivity index is 1.40. The van der Waals surface area contributed by atoms with Crippen molar-refractivity contribution in [1.29, 1.82) is 0 Å². The van der Waals surface area contributed by atoms with Crippen LogP contribution in [0.4, 0.5) is 4.39 Å². The lowest BCUT2D eigenvalue weighted by Crippen LogP contribution is -2.39. The molecule has 2 aliphatic rings. The third-order valence-corrected chi connectivity index (χ3v) is 6.19. The Labute approximate surface area is 182 Å². The van der Waals surface area contributed by atoms with E-state index in [1.165, 1.54) is 25.0 Å². The number of benzene rings is 1. The Bertz CT molecular complexity index is 941. The molecular formula is C24H29FN4O2. The first kappa shape index (κ1) is 21.4. The van der Waals surface area contributed by atoms with Gasteiger partial charge in [0.1, 0.15) is 5.82 Å². The molecular weight excluding hydrogens is 395 g/mol. The number of hydrogen-bond donors (Lipinski definition) is 1. The number of amides is 2. The zero-order valence-electron chi connectivity index (χ0n) is 17.9. The summed E-state index contributed by atoms with van der Waals surface area (Å²) in [6, 6.07) is 9.69. The van der Waals surface area contributed by atoms with Crippen molar-refractivity contribution in [3.63, 3.8) is 0 Å². The smallest absolute Gasteiger partial charge is 0.253 e. The molecule has 0 saturated carbocycles. The second kappa shape index (κ2) is 9.56. The van der Waals surface area contributed by atoms with Gasteiger partial charge in [-0.05, 0) is 75.5 Å². The molecule has 2 aromatic rings. The number of pyridine rings is 1. The van der Waals surface area contributed by atoms with Crippen molar-refractivity contribution in [2.75, 3.05) is 26.2 Å². The summed E-state index contributed by atoms with van der Waals surface area (Å²) in [7, 11) is 0. The summed E-state index contributed by atoms with van der Waals surface area (Å²) in [6.45, 7) is 5.40. The number of carbonyl (C=O) groups excluding carboxylic acids is 2. The summed E-state index contributed by atoms with van der Waals surface area (Å²) in [5.74, 6) is -0.343. The van der Waals surface area contributed by atoms with E-state index in [0.29, 0.717) is 24.3 Å². The van der Waals surface area contributed by atoms with Crippen molar-refractivity contribution >= 4 is 11.8 Å². The van der Waals surface area contributed by atoms with Crippen LogP contribution in [0.1, 0.15) is 59.0 Å². The summed E-state index contributed by atoms with van der Waals surface area (Å²) in [5.41, 5.74) is 2.83. The number of nitrogens with zero attached hydrogens (tertiary/aromatic N) is 3. The fourth-order valence-electron chi connectivity index (χ4n) is 4.48. The Kier molecular flexibility index (Phi) is 6.61. The van der Waals surface area contributed by atoms with Gasteiger partial charge in [0.15, 0.2) is 0 Å². The van der Waals surface area contributed by atoms with E-state index in [0.717, 1.165) is 43.7 Å². The molecule has 2 saturated heterocycles. The first-order chi connectivity index (χ1) is 15.0. The highest BCUT2D eigenvalue weighted by atomic mass is 19.1.